The number of hydrogen-bond acceptors (Lipinski definition) is 6. The van der Waals surface area contributed by atoms with E-state index in [0.29, 0.717) is 19.3 Å². The molecule has 0 aromatic carbocycles. The van der Waals surface area contributed by atoms with Crippen LogP contribution < -0.4 is 0 Å². The molecule has 0 radical (unpaired) electrons. The number of carbonyl (C=O) groups is 3. The molecule has 6 nitrogen and oxygen atoms in total. The van der Waals surface area contributed by atoms with Crippen molar-refractivity contribution in [2.75, 3.05) is 13.2 Å². The maximum absolute atomic E-state index is 12.6. The minimum absolute atomic E-state index is 0.0666. The summed E-state index contributed by atoms with van der Waals surface area (Å²) in [5.41, 5.74) is 0. The highest BCUT2D eigenvalue weighted by molar-refractivity contribution is 5.71. The van der Waals surface area contributed by atoms with Gasteiger partial charge in [-0.2, -0.15) is 0 Å². The van der Waals surface area contributed by atoms with Crippen LogP contribution in [-0.4, -0.2) is 37.2 Å². The summed E-state index contributed by atoms with van der Waals surface area (Å²) in [7, 11) is 0. The van der Waals surface area contributed by atoms with E-state index in [1.165, 1.54) is 109 Å². The van der Waals surface area contributed by atoms with Gasteiger partial charge >= 0.3 is 17.9 Å². The summed E-state index contributed by atoms with van der Waals surface area (Å²) in [5.74, 6) is 0.799. The standard InChI is InChI=1S/C43H82O6/c1-6-8-9-21-28-33-41(44)47-36-40(49-43(46)35-30-25-20-16-12-13-17-22-26-31-38(3)4)37-48-42(45)34-29-24-19-15-11-10-14-18-23-27-32-39(5)7-2/h38-40H,6-37H2,1-5H3/t39?,40-/m0/s1. The van der Waals surface area contributed by atoms with Gasteiger partial charge in [-0.3, -0.25) is 14.4 Å². The fraction of sp³-hybridized carbons (Fsp3) is 0.930. The van der Waals surface area contributed by atoms with Gasteiger partial charge in [0.05, 0.1) is 0 Å². The van der Waals surface area contributed by atoms with Crippen LogP contribution in [-0.2, 0) is 28.6 Å². The molecule has 0 aliphatic rings. The van der Waals surface area contributed by atoms with E-state index in [0.717, 1.165) is 76.0 Å². The van der Waals surface area contributed by atoms with E-state index in [2.05, 4.69) is 34.6 Å². The highest BCUT2D eigenvalue weighted by Crippen LogP contribution is 2.17. The van der Waals surface area contributed by atoms with E-state index in [4.69, 9.17) is 14.2 Å². The van der Waals surface area contributed by atoms with E-state index in [1.807, 2.05) is 0 Å². The van der Waals surface area contributed by atoms with Gasteiger partial charge in [-0.05, 0) is 31.1 Å². The van der Waals surface area contributed by atoms with Crippen LogP contribution in [0.1, 0.15) is 227 Å². The lowest BCUT2D eigenvalue weighted by atomic mass is 9.99. The topological polar surface area (TPSA) is 78.9 Å². The van der Waals surface area contributed by atoms with Crippen LogP contribution in [0.5, 0.6) is 0 Å². The van der Waals surface area contributed by atoms with Gasteiger partial charge in [0.1, 0.15) is 13.2 Å². The Kier molecular flexibility index (Phi) is 35.0. The Hall–Kier alpha value is -1.59. The molecule has 290 valence electrons. The summed E-state index contributed by atoms with van der Waals surface area (Å²) in [6.45, 7) is 11.2. The molecule has 0 aliphatic carbocycles. The van der Waals surface area contributed by atoms with Crippen molar-refractivity contribution in [1.82, 2.24) is 0 Å². The third-order valence-electron chi connectivity index (χ3n) is 9.83. The molecule has 0 saturated carbocycles. The summed E-state index contributed by atoms with van der Waals surface area (Å²) in [6, 6.07) is 0. The molecule has 0 aliphatic heterocycles. The fourth-order valence-corrected chi connectivity index (χ4v) is 6.19. The number of rotatable bonds is 37. The monoisotopic (exact) mass is 695 g/mol. The zero-order chi connectivity index (χ0) is 36.2. The molecule has 0 spiro atoms. The van der Waals surface area contributed by atoms with Crippen molar-refractivity contribution in [2.45, 2.75) is 233 Å². The van der Waals surface area contributed by atoms with E-state index in [1.54, 1.807) is 0 Å². The number of unbranched alkanes of at least 4 members (excludes halogenated alkanes) is 21. The molecule has 0 fully saturated rings. The van der Waals surface area contributed by atoms with Gasteiger partial charge in [0.15, 0.2) is 6.10 Å². The Morgan fingerprint density at radius 3 is 1.16 bits per heavy atom. The average Bonchev–Trinajstić information content (AvgIpc) is 3.08. The van der Waals surface area contributed by atoms with Crippen molar-refractivity contribution >= 4 is 17.9 Å². The Bertz CT molecular complexity index is 751. The van der Waals surface area contributed by atoms with Crippen LogP contribution in [0.3, 0.4) is 0 Å². The van der Waals surface area contributed by atoms with Gasteiger partial charge in [-0.1, -0.05) is 189 Å². The van der Waals surface area contributed by atoms with Crippen LogP contribution in [0, 0.1) is 11.8 Å². The lowest BCUT2D eigenvalue weighted by Crippen LogP contribution is -2.30. The first-order valence-corrected chi connectivity index (χ1v) is 21.3. The maximum Gasteiger partial charge on any atom is 0.306 e. The lowest BCUT2D eigenvalue weighted by molar-refractivity contribution is -0.167. The van der Waals surface area contributed by atoms with Gasteiger partial charge in [0.25, 0.3) is 0 Å². The van der Waals surface area contributed by atoms with Gasteiger partial charge in [0, 0.05) is 19.3 Å². The largest absolute Gasteiger partial charge is 0.462 e. The highest BCUT2D eigenvalue weighted by Gasteiger charge is 2.19. The molecule has 0 N–H and O–H groups in total. The first-order valence-electron chi connectivity index (χ1n) is 21.3. The first-order chi connectivity index (χ1) is 23.8. The van der Waals surface area contributed by atoms with Crippen LogP contribution >= 0.6 is 0 Å². The smallest absolute Gasteiger partial charge is 0.306 e. The zero-order valence-corrected chi connectivity index (χ0v) is 33.3. The molecule has 0 saturated heterocycles. The summed E-state index contributed by atoms with van der Waals surface area (Å²) < 4.78 is 16.6. The third-order valence-corrected chi connectivity index (χ3v) is 9.83. The molecule has 0 bridgehead atoms. The summed E-state index contributed by atoms with van der Waals surface area (Å²) in [6.07, 6.45) is 32.5. The molecule has 2 atom stereocenters. The second-order valence-electron chi connectivity index (χ2n) is 15.3. The molecule has 0 rings (SSSR count). The Labute approximate surface area is 304 Å². The summed E-state index contributed by atoms with van der Waals surface area (Å²) in [4.78, 5) is 37.4. The number of hydrogen-bond donors (Lipinski definition) is 0. The number of ether oxygens (including phenoxy) is 3. The number of carbonyl (C=O) groups excluding carboxylic acids is 3. The van der Waals surface area contributed by atoms with Crippen LogP contribution in [0.2, 0.25) is 0 Å². The molecule has 49 heavy (non-hydrogen) atoms. The van der Waals surface area contributed by atoms with E-state index >= 15 is 0 Å². The van der Waals surface area contributed by atoms with Crippen LogP contribution in [0.25, 0.3) is 0 Å². The van der Waals surface area contributed by atoms with Crippen molar-refractivity contribution in [3.8, 4) is 0 Å². The van der Waals surface area contributed by atoms with Gasteiger partial charge < -0.3 is 14.2 Å². The average molecular weight is 695 g/mol. The van der Waals surface area contributed by atoms with Crippen LogP contribution in [0.4, 0.5) is 0 Å². The normalized spacial score (nSPS) is 12.6. The van der Waals surface area contributed by atoms with Crippen molar-refractivity contribution < 1.29 is 28.6 Å². The molecule has 6 heteroatoms. The van der Waals surface area contributed by atoms with E-state index in [9.17, 15) is 14.4 Å². The van der Waals surface area contributed by atoms with Gasteiger partial charge in [-0.25, -0.2) is 0 Å². The third kappa shape index (κ3) is 36.0. The van der Waals surface area contributed by atoms with E-state index in [-0.39, 0.29) is 31.1 Å². The molecule has 0 aromatic heterocycles. The maximum atomic E-state index is 12.6. The predicted molar refractivity (Wildman–Crippen MR) is 206 cm³/mol. The Morgan fingerprint density at radius 2 is 0.776 bits per heavy atom. The van der Waals surface area contributed by atoms with Crippen molar-refractivity contribution in [1.29, 1.82) is 0 Å². The minimum Gasteiger partial charge on any atom is -0.462 e. The second-order valence-corrected chi connectivity index (χ2v) is 15.3. The van der Waals surface area contributed by atoms with Crippen LogP contribution in [0.15, 0.2) is 0 Å². The molecular weight excluding hydrogens is 612 g/mol. The zero-order valence-electron chi connectivity index (χ0n) is 33.3. The van der Waals surface area contributed by atoms with Crippen molar-refractivity contribution in [3.63, 3.8) is 0 Å². The highest BCUT2D eigenvalue weighted by atomic mass is 16.6. The number of esters is 3. The van der Waals surface area contributed by atoms with Crippen molar-refractivity contribution in [3.05, 3.63) is 0 Å². The Morgan fingerprint density at radius 1 is 0.429 bits per heavy atom. The first kappa shape index (κ1) is 47.4. The molecule has 0 amide bonds. The minimum atomic E-state index is -0.758. The van der Waals surface area contributed by atoms with Gasteiger partial charge in [0.2, 0.25) is 0 Å². The SMILES string of the molecule is CCCCCCCC(=O)OC[C@@H](COC(=O)CCCCCCCCCCCCC(C)CC)OC(=O)CCCCCCCCCCCC(C)C. The Balaban J connectivity index is 4.23. The van der Waals surface area contributed by atoms with Gasteiger partial charge in [-0.15, -0.1) is 0 Å². The molecule has 1 unspecified atom stereocenters. The second kappa shape index (κ2) is 36.2. The fourth-order valence-electron chi connectivity index (χ4n) is 6.19. The lowest BCUT2D eigenvalue weighted by Gasteiger charge is -2.18. The molecular formula is C43H82O6. The van der Waals surface area contributed by atoms with E-state index < -0.39 is 6.10 Å². The van der Waals surface area contributed by atoms with Crippen molar-refractivity contribution in [2.24, 2.45) is 11.8 Å². The summed E-state index contributed by atoms with van der Waals surface area (Å²) >= 11 is 0. The quantitative estimate of drug-likeness (QED) is 0.0366. The summed E-state index contributed by atoms with van der Waals surface area (Å²) in [5, 5.41) is 0. The predicted octanol–water partition coefficient (Wildman–Crippen LogP) is 13.0. The molecule has 0 heterocycles. The molecule has 0 aromatic rings.